The van der Waals surface area contributed by atoms with Crippen LogP contribution in [-0.4, -0.2) is 12.5 Å². The molecule has 3 rings (SSSR count). The van der Waals surface area contributed by atoms with Crippen LogP contribution in [0.3, 0.4) is 0 Å². The average Bonchev–Trinajstić information content (AvgIpc) is 2.83. The minimum Gasteiger partial charge on any atom is -0.308 e. The predicted octanol–water partition coefficient (Wildman–Crippen LogP) is 3.30. The maximum atomic E-state index is 4.48. The quantitative estimate of drug-likeness (QED) is 0.798. The van der Waals surface area contributed by atoms with Gasteiger partial charge < -0.3 is 4.90 Å². The topological polar surface area (TPSA) is 18.8 Å². The highest BCUT2D eigenvalue weighted by Crippen LogP contribution is 2.26. The molecule has 0 N–H and O–H groups in total. The summed E-state index contributed by atoms with van der Waals surface area (Å²) in [6.45, 7) is 2.15. The third kappa shape index (κ3) is 1.84. The Balaban J connectivity index is 1.86. The molecule has 1 heterocycles. The van der Waals surface area contributed by atoms with Crippen LogP contribution in [0, 0.1) is 0 Å². The third-order valence-corrected chi connectivity index (χ3v) is 3.13. The van der Waals surface area contributed by atoms with Gasteiger partial charge in [-0.3, -0.25) is 0 Å². The molecule has 0 aromatic heterocycles. The minimum absolute atomic E-state index is 0.190. The molecular formula is C15H15N3. The fourth-order valence-electron chi connectivity index (χ4n) is 2.17. The van der Waals surface area contributed by atoms with Crippen molar-refractivity contribution in [2.45, 2.75) is 13.1 Å². The zero-order valence-electron chi connectivity index (χ0n) is 10.3. The van der Waals surface area contributed by atoms with E-state index in [1.54, 1.807) is 0 Å². The van der Waals surface area contributed by atoms with E-state index in [2.05, 4.69) is 41.2 Å². The van der Waals surface area contributed by atoms with E-state index in [1.807, 2.05) is 47.7 Å². The van der Waals surface area contributed by atoms with Crippen molar-refractivity contribution in [1.29, 1.82) is 0 Å². The van der Waals surface area contributed by atoms with Gasteiger partial charge in [0, 0.05) is 5.69 Å². The molecule has 3 heteroatoms. The highest BCUT2D eigenvalue weighted by Gasteiger charge is 2.25. The van der Waals surface area contributed by atoms with Crippen molar-refractivity contribution in [1.82, 2.24) is 0 Å². The van der Waals surface area contributed by atoms with Crippen molar-refractivity contribution < 1.29 is 0 Å². The van der Waals surface area contributed by atoms with Crippen molar-refractivity contribution in [3.63, 3.8) is 0 Å². The molecule has 0 radical (unpaired) electrons. The zero-order valence-corrected chi connectivity index (χ0v) is 10.3. The van der Waals surface area contributed by atoms with Gasteiger partial charge in [-0.25, -0.2) is 5.01 Å². The lowest BCUT2D eigenvalue weighted by Gasteiger charge is -2.27. The lowest BCUT2D eigenvalue weighted by molar-refractivity contribution is 0.719. The summed E-state index contributed by atoms with van der Waals surface area (Å²) in [6, 6.07) is 20.5. The first-order valence-corrected chi connectivity index (χ1v) is 6.08. The Hall–Kier alpha value is -2.29. The highest BCUT2D eigenvalue weighted by molar-refractivity contribution is 5.84. The molecule has 90 valence electrons. The fourth-order valence-corrected chi connectivity index (χ4v) is 2.17. The second-order valence-electron chi connectivity index (χ2n) is 4.29. The summed E-state index contributed by atoms with van der Waals surface area (Å²) in [5.74, 6) is 0. The molecule has 1 aliphatic heterocycles. The second-order valence-corrected chi connectivity index (χ2v) is 4.29. The number of benzene rings is 2. The number of hydrogen-bond acceptors (Lipinski definition) is 3. The van der Waals surface area contributed by atoms with E-state index in [0.29, 0.717) is 0 Å². The summed E-state index contributed by atoms with van der Waals surface area (Å²) in [5, 5.41) is 6.50. The van der Waals surface area contributed by atoms with Crippen LogP contribution in [0.25, 0.3) is 0 Å². The molecule has 0 aliphatic carbocycles. The normalized spacial score (nSPS) is 18.4. The van der Waals surface area contributed by atoms with Crippen LogP contribution < -0.4 is 9.91 Å². The van der Waals surface area contributed by atoms with Gasteiger partial charge >= 0.3 is 0 Å². The fraction of sp³-hybridized carbons (Fsp3) is 0.133. The molecule has 0 fully saturated rings. The van der Waals surface area contributed by atoms with Crippen molar-refractivity contribution in [2.24, 2.45) is 5.10 Å². The summed E-state index contributed by atoms with van der Waals surface area (Å²) in [5.41, 5.74) is 2.27. The number of hydrogen-bond donors (Lipinski definition) is 0. The Kier molecular flexibility index (Phi) is 2.73. The van der Waals surface area contributed by atoms with Crippen molar-refractivity contribution in [3.8, 4) is 0 Å². The lowest BCUT2D eigenvalue weighted by atomic mass is 10.2. The lowest BCUT2D eigenvalue weighted by Crippen LogP contribution is -2.37. The van der Waals surface area contributed by atoms with Gasteiger partial charge in [-0.05, 0) is 31.2 Å². The Morgan fingerprint density at radius 3 is 2.00 bits per heavy atom. The third-order valence-electron chi connectivity index (χ3n) is 3.13. The van der Waals surface area contributed by atoms with E-state index in [4.69, 9.17) is 0 Å². The second kappa shape index (κ2) is 4.53. The predicted molar refractivity (Wildman–Crippen MR) is 75.8 cm³/mol. The molecule has 0 saturated carbocycles. The molecule has 2 aromatic rings. The maximum Gasteiger partial charge on any atom is 0.126 e. The standard InChI is InChI=1S/C15H15N3/c1-13-17(14-8-4-2-5-9-14)12-16-18(13)15-10-6-3-7-11-15/h2-13H,1H3. The SMILES string of the molecule is CC1N(c2ccccc2)C=NN1c1ccccc1. The first-order valence-electron chi connectivity index (χ1n) is 6.08. The number of para-hydroxylation sites is 2. The van der Waals surface area contributed by atoms with Crippen LogP contribution in [0.1, 0.15) is 6.92 Å². The molecule has 0 amide bonds. The van der Waals surface area contributed by atoms with Gasteiger partial charge in [0.1, 0.15) is 12.5 Å². The van der Waals surface area contributed by atoms with Crippen LogP contribution in [0.4, 0.5) is 11.4 Å². The molecule has 2 aromatic carbocycles. The summed E-state index contributed by atoms with van der Waals surface area (Å²) < 4.78 is 0. The first kappa shape index (κ1) is 10.8. The van der Waals surface area contributed by atoms with Gasteiger partial charge in [-0.1, -0.05) is 36.4 Å². The van der Waals surface area contributed by atoms with Crippen molar-refractivity contribution in [3.05, 3.63) is 60.7 Å². The number of rotatable bonds is 2. The van der Waals surface area contributed by atoms with Crippen molar-refractivity contribution >= 4 is 17.7 Å². The van der Waals surface area contributed by atoms with Gasteiger partial charge in [-0.2, -0.15) is 5.10 Å². The molecule has 0 spiro atoms. The van der Waals surface area contributed by atoms with Crippen LogP contribution in [0.2, 0.25) is 0 Å². The van der Waals surface area contributed by atoms with E-state index in [-0.39, 0.29) is 6.17 Å². The van der Waals surface area contributed by atoms with Crippen LogP contribution in [0.5, 0.6) is 0 Å². The summed E-state index contributed by atoms with van der Waals surface area (Å²) in [7, 11) is 0. The summed E-state index contributed by atoms with van der Waals surface area (Å²) in [4.78, 5) is 2.16. The van der Waals surface area contributed by atoms with Gasteiger partial charge in [0.25, 0.3) is 0 Å². The average molecular weight is 237 g/mol. The Bertz CT molecular complexity index is 487. The van der Waals surface area contributed by atoms with Crippen molar-refractivity contribution in [2.75, 3.05) is 9.91 Å². The number of nitrogens with zero attached hydrogens (tertiary/aromatic N) is 3. The Labute approximate surface area is 107 Å². The monoisotopic (exact) mass is 237 g/mol. The molecule has 1 atom stereocenters. The van der Waals surface area contributed by atoms with E-state index < -0.39 is 0 Å². The van der Waals surface area contributed by atoms with Crippen LogP contribution in [0.15, 0.2) is 65.8 Å². The van der Waals surface area contributed by atoms with Gasteiger partial charge in [0.05, 0.1) is 5.69 Å². The molecular weight excluding hydrogens is 222 g/mol. The molecule has 1 aliphatic rings. The molecule has 18 heavy (non-hydrogen) atoms. The van der Waals surface area contributed by atoms with Gasteiger partial charge in [0.2, 0.25) is 0 Å². The van der Waals surface area contributed by atoms with E-state index >= 15 is 0 Å². The number of hydrazone groups is 1. The van der Waals surface area contributed by atoms with E-state index in [0.717, 1.165) is 11.4 Å². The highest BCUT2D eigenvalue weighted by atomic mass is 15.6. The summed E-state index contributed by atoms with van der Waals surface area (Å²) >= 11 is 0. The smallest absolute Gasteiger partial charge is 0.126 e. The molecule has 1 unspecified atom stereocenters. The Morgan fingerprint density at radius 2 is 1.39 bits per heavy atom. The first-order chi connectivity index (χ1) is 8.86. The maximum absolute atomic E-state index is 4.48. The zero-order chi connectivity index (χ0) is 12.4. The van der Waals surface area contributed by atoms with E-state index in [9.17, 15) is 0 Å². The van der Waals surface area contributed by atoms with Crippen LogP contribution in [-0.2, 0) is 0 Å². The minimum atomic E-state index is 0.190. The molecule has 0 saturated heterocycles. The molecule has 3 nitrogen and oxygen atoms in total. The van der Waals surface area contributed by atoms with Crippen LogP contribution >= 0.6 is 0 Å². The van der Waals surface area contributed by atoms with Gasteiger partial charge in [-0.15, -0.1) is 0 Å². The number of anilines is 2. The Morgan fingerprint density at radius 1 is 0.833 bits per heavy atom. The largest absolute Gasteiger partial charge is 0.308 e. The summed E-state index contributed by atoms with van der Waals surface area (Å²) in [6.07, 6.45) is 2.07. The van der Waals surface area contributed by atoms with E-state index in [1.165, 1.54) is 0 Å². The van der Waals surface area contributed by atoms with Gasteiger partial charge in [0.15, 0.2) is 0 Å². The molecule has 0 bridgehead atoms.